The van der Waals surface area contributed by atoms with Gasteiger partial charge in [-0.25, -0.2) is 0 Å². The normalized spacial score (nSPS) is 11.8. The molecule has 0 aliphatic heterocycles. The van der Waals surface area contributed by atoms with E-state index in [-0.39, 0.29) is 11.9 Å². The summed E-state index contributed by atoms with van der Waals surface area (Å²) < 4.78 is 5.59. The number of hydrogen-bond acceptors (Lipinski definition) is 3. The van der Waals surface area contributed by atoms with Crippen LogP contribution < -0.4 is 15.4 Å². The van der Waals surface area contributed by atoms with E-state index in [1.54, 1.807) is 11.3 Å². The second kappa shape index (κ2) is 10.1. The largest absolute Gasteiger partial charge is 0.492 e. The number of hydrogen-bond donors (Lipinski definition) is 2. The third-order valence-corrected chi connectivity index (χ3v) is 5.55. The minimum atomic E-state index is -0.0427. The molecule has 0 fully saturated rings. The number of thiophene rings is 1. The lowest BCUT2D eigenvalue weighted by Gasteiger charge is -2.16. The molecule has 3 aromatic rings. The van der Waals surface area contributed by atoms with Gasteiger partial charge in [0.1, 0.15) is 11.8 Å². The zero-order chi connectivity index (χ0) is 19.8. The first-order valence-electron chi connectivity index (χ1n) is 9.68. The topological polar surface area (TPSA) is 54.9 Å². The zero-order valence-corrected chi connectivity index (χ0v) is 17.2. The minimum Gasteiger partial charge on any atom is -0.492 e. The van der Waals surface area contributed by atoms with Crippen molar-refractivity contribution in [1.29, 1.82) is 0 Å². The SMILES string of the molecule is CCOc1ccccc1NC(=O)C[NH2+][C@H](c1ccc(CC)cc1)c1cccs1. The van der Waals surface area contributed by atoms with Gasteiger partial charge in [0.2, 0.25) is 0 Å². The fourth-order valence-corrected chi connectivity index (χ4v) is 3.97. The molecule has 0 spiro atoms. The van der Waals surface area contributed by atoms with Crippen LogP contribution in [0.15, 0.2) is 66.0 Å². The number of quaternary nitrogens is 1. The van der Waals surface area contributed by atoms with Crippen molar-refractivity contribution in [2.24, 2.45) is 0 Å². The summed E-state index contributed by atoms with van der Waals surface area (Å²) in [5.41, 5.74) is 3.24. The van der Waals surface area contributed by atoms with Crippen molar-refractivity contribution in [2.45, 2.75) is 26.3 Å². The summed E-state index contributed by atoms with van der Waals surface area (Å²) in [7, 11) is 0. The van der Waals surface area contributed by atoms with Crippen LogP contribution in [0.5, 0.6) is 5.75 Å². The average Bonchev–Trinajstić information content (AvgIpc) is 3.25. The van der Waals surface area contributed by atoms with E-state index < -0.39 is 0 Å². The van der Waals surface area contributed by atoms with Gasteiger partial charge in [0.25, 0.3) is 5.91 Å². The number of amides is 1. The van der Waals surface area contributed by atoms with Gasteiger partial charge in [0.05, 0.1) is 17.2 Å². The van der Waals surface area contributed by atoms with Gasteiger partial charge >= 0.3 is 0 Å². The predicted molar refractivity (Wildman–Crippen MR) is 115 cm³/mol. The number of para-hydroxylation sites is 2. The molecule has 1 heterocycles. The predicted octanol–water partition coefficient (Wildman–Crippen LogP) is 4.00. The molecule has 0 aliphatic rings. The van der Waals surface area contributed by atoms with E-state index in [9.17, 15) is 4.79 Å². The highest BCUT2D eigenvalue weighted by Gasteiger charge is 2.20. The molecule has 5 heteroatoms. The van der Waals surface area contributed by atoms with E-state index in [0.717, 1.165) is 6.42 Å². The van der Waals surface area contributed by atoms with Crippen molar-refractivity contribution in [2.75, 3.05) is 18.5 Å². The highest BCUT2D eigenvalue weighted by molar-refractivity contribution is 7.10. The molecule has 0 saturated heterocycles. The van der Waals surface area contributed by atoms with E-state index in [1.165, 1.54) is 16.0 Å². The molecule has 2 aromatic carbocycles. The van der Waals surface area contributed by atoms with Gasteiger partial charge in [0, 0.05) is 5.56 Å². The van der Waals surface area contributed by atoms with Gasteiger partial charge < -0.3 is 15.4 Å². The number of benzene rings is 2. The molecule has 1 aromatic heterocycles. The van der Waals surface area contributed by atoms with Crippen LogP contribution in [0.2, 0.25) is 0 Å². The minimum absolute atomic E-state index is 0.0427. The first-order chi connectivity index (χ1) is 13.7. The second-order valence-electron chi connectivity index (χ2n) is 6.51. The Balaban J connectivity index is 1.69. The van der Waals surface area contributed by atoms with Gasteiger partial charge in [-0.05, 0) is 42.5 Å². The first kappa shape index (κ1) is 20.1. The molecule has 0 radical (unpaired) electrons. The average molecular weight is 396 g/mol. The van der Waals surface area contributed by atoms with E-state index in [0.29, 0.717) is 24.6 Å². The van der Waals surface area contributed by atoms with Gasteiger partial charge in [-0.3, -0.25) is 4.79 Å². The molecule has 1 amide bonds. The van der Waals surface area contributed by atoms with Crippen LogP contribution in [0.1, 0.15) is 35.9 Å². The summed E-state index contributed by atoms with van der Waals surface area (Å²) in [6.07, 6.45) is 1.02. The number of carbonyl (C=O) groups is 1. The van der Waals surface area contributed by atoms with E-state index in [4.69, 9.17) is 4.74 Å². The Labute approximate surface area is 170 Å². The molecule has 0 saturated carbocycles. The van der Waals surface area contributed by atoms with Crippen molar-refractivity contribution in [3.8, 4) is 5.75 Å². The van der Waals surface area contributed by atoms with Crippen LogP contribution in [0.3, 0.4) is 0 Å². The van der Waals surface area contributed by atoms with Crippen LogP contribution in [0, 0.1) is 0 Å². The standard InChI is InChI=1S/C23H26N2O2S/c1-3-17-11-13-18(14-12-17)23(21-10-7-15-28-21)24-16-22(26)25-19-8-5-6-9-20(19)27-4-2/h5-15,23-24H,3-4,16H2,1-2H3,(H,25,26)/p+1/t23-/m1/s1. The smallest absolute Gasteiger partial charge is 0.279 e. The van der Waals surface area contributed by atoms with Crippen molar-refractivity contribution >= 4 is 22.9 Å². The lowest BCUT2D eigenvalue weighted by molar-refractivity contribution is -0.675. The maximum atomic E-state index is 12.6. The summed E-state index contributed by atoms with van der Waals surface area (Å²) in [5.74, 6) is 0.655. The van der Waals surface area contributed by atoms with Crippen molar-refractivity contribution in [1.82, 2.24) is 0 Å². The fourth-order valence-electron chi connectivity index (χ4n) is 3.12. The first-order valence-corrected chi connectivity index (χ1v) is 10.6. The molecule has 146 valence electrons. The van der Waals surface area contributed by atoms with Gasteiger partial charge in [0.15, 0.2) is 6.54 Å². The van der Waals surface area contributed by atoms with Crippen LogP contribution in [0.4, 0.5) is 5.69 Å². The van der Waals surface area contributed by atoms with E-state index >= 15 is 0 Å². The summed E-state index contributed by atoms with van der Waals surface area (Å²) in [6, 6.07) is 20.5. The maximum Gasteiger partial charge on any atom is 0.279 e. The Bertz CT molecular complexity index is 876. The molecule has 0 aliphatic carbocycles. The Hall–Kier alpha value is -2.63. The zero-order valence-electron chi connectivity index (χ0n) is 16.4. The Kier molecular flexibility index (Phi) is 7.23. The fraction of sp³-hybridized carbons (Fsp3) is 0.261. The van der Waals surface area contributed by atoms with Crippen molar-refractivity contribution in [3.05, 3.63) is 82.0 Å². The molecule has 1 atom stereocenters. The summed E-state index contributed by atoms with van der Waals surface area (Å²) in [5, 5.41) is 7.14. The Morgan fingerprint density at radius 1 is 1.07 bits per heavy atom. The molecule has 0 bridgehead atoms. The number of carbonyl (C=O) groups excluding carboxylic acids is 1. The molecule has 3 rings (SSSR count). The van der Waals surface area contributed by atoms with E-state index in [2.05, 4.69) is 59.3 Å². The molecule has 3 N–H and O–H groups in total. The van der Waals surface area contributed by atoms with Gasteiger partial charge in [-0.2, -0.15) is 0 Å². The third-order valence-electron chi connectivity index (χ3n) is 4.60. The van der Waals surface area contributed by atoms with Crippen molar-refractivity contribution in [3.63, 3.8) is 0 Å². The second-order valence-corrected chi connectivity index (χ2v) is 7.48. The summed E-state index contributed by atoms with van der Waals surface area (Å²) in [6.45, 7) is 4.98. The quantitative estimate of drug-likeness (QED) is 0.575. The monoisotopic (exact) mass is 395 g/mol. The molecule has 0 unspecified atom stereocenters. The lowest BCUT2D eigenvalue weighted by Crippen LogP contribution is -2.87. The summed E-state index contributed by atoms with van der Waals surface area (Å²) >= 11 is 1.72. The molecule has 4 nitrogen and oxygen atoms in total. The number of nitrogens with one attached hydrogen (secondary N) is 1. The molecular weight excluding hydrogens is 368 g/mol. The third kappa shape index (κ3) is 5.21. The highest BCUT2D eigenvalue weighted by atomic mass is 32.1. The highest BCUT2D eigenvalue weighted by Crippen LogP contribution is 2.24. The molecule has 28 heavy (non-hydrogen) atoms. The number of nitrogens with two attached hydrogens (primary N) is 1. The maximum absolute atomic E-state index is 12.6. The van der Waals surface area contributed by atoms with Crippen LogP contribution >= 0.6 is 11.3 Å². The van der Waals surface area contributed by atoms with Crippen LogP contribution in [0.25, 0.3) is 0 Å². The van der Waals surface area contributed by atoms with E-state index in [1.807, 2.05) is 31.2 Å². The van der Waals surface area contributed by atoms with Crippen LogP contribution in [-0.2, 0) is 11.2 Å². The Morgan fingerprint density at radius 3 is 2.54 bits per heavy atom. The summed E-state index contributed by atoms with van der Waals surface area (Å²) in [4.78, 5) is 13.8. The van der Waals surface area contributed by atoms with Crippen molar-refractivity contribution < 1.29 is 14.8 Å². The number of ether oxygens (including phenoxy) is 1. The number of rotatable bonds is 9. The van der Waals surface area contributed by atoms with Gasteiger partial charge in [-0.15, -0.1) is 11.3 Å². The Morgan fingerprint density at radius 2 is 1.86 bits per heavy atom. The molecular formula is C23H27N2O2S+. The number of aryl methyl sites for hydroxylation is 1. The van der Waals surface area contributed by atoms with Gasteiger partial charge in [-0.1, -0.05) is 49.4 Å². The lowest BCUT2D eigenvalue weighted by atomic mass is 10.0. The number of anilines is 1. The van der Waals surface area contributed by atoms with Crippen LogP contribution in [-0.4, -0.2) is 19.1 Å².